The van der Waals surface area contributed by atoms with Crippen LogP contribution in [0.25, 0.3) is 0 Å². The number of nitrogens with zero attached hydrogens (tertiary/aromatic N) is 1. The highest BCUT2D eigenvalue weighted by Crippen LogP contribution is 2.41. The van der Waals surface area contributed by atoms with E-state index >= 15 is 0 Å². The molecule has 0 bridgehead atoms. The van der Waals surface area contributed by atoms with Gasteiger partial charge in [-0.15, -0.1) is 0 Å². The van der Waals surface area contributed by atoms with E-state index in [1.807, 2.05) is 18.7 Å². The fourth-order valence-electron chi connectivity index (χ4n) is 2.93. The molecular formula is C15H26N2O2. The Labute approximate surface area is 115 Å². The van der Waals surface area contributed by atoms with Crippen LogP contribution in [0.15, 0.2) is 0 Å². The molecule has 1 aliphatic carbocycles. The Morgan fingerprint density at radius 2 is 2.00 bits per heavy atom. The van der Waals surface area contributed by atoms with Crippen molar-refractivity contribution in [3.63, 3.8) is 0 Å². The van der Waals surface area contributed by atoms with E-state index in [1.54, 1.807) is 0 Å². The molecule has 4 heteroatoms. The van der Waals surface area contributed by atoms with Gasteiger partial charge in [-0.25, -0.2) is 0 Å². The lowest BCUT2D eigenvalue weighted by molar-refractivity contribution is -0.140. The number of hydrogen-bond acceptors (Lipinski definition) is 2. The molecule has 1 N–H and O–H groups in total. The van der Waals surface area contributed by atoms with Crippen LogP contribution in [0.4, 0.5) is 0 Å². The molecular weight excluding hydrogens is 240 g/mol. The molecule has 0 spiro atoms. The van der Waals surface area contributed by atoms with Gasteiger partial charge in [0, 0.05) is 19.0 Å². The first-order chi connectivity index (χ1) is 8.84. The van der Waals surface area contributed by atoms with E-state index in [1.165, 1.54) is 0 Å². The fourth-order valence-corrected chi connectivity index (χ4v) is 2.93. The minimum atomic E-state index is -0.668. The minimum absolute atomic E-state index is 0.00632. The third-order valence-corrected chi connectivity index (χ3v) is 4.46. The lowest BCUT2D eigenvalue weighted by atomic mass is 9.93. The topological polar surface area (TPSA) is 49.4 Å². The van der Waals surface area contributed by atoms with Gasteiger partial charge in [-0.3, -0.25) is 9.59 Å². The van der Waals surface area contributed by atoms with Crippen LogP contribution in [0.5, 0.6) is 0 Å². The maximum absolute atomic E-state index is 12.8. The summed E-state index contributed by atoms with van der Waals surface area (Å²) in [5, 5.41) is 2.98. The molecule has 0 aromatic carbocycles. The predicted octanol–water partition coefficient (Wildman–Crippen LogP) is 1.94. The van der Waals surface area contributed by atoms with Crippen molar-refractivity contribution in [1.82, 2.24) is 10.2 Å². The summed E-state index contributed by atoms with van der Waals surface area (Å²) in [6.45, 7) is 8.98. The van der Waals surface area contributed by atoms with E-state index in [0.29, 0.717) is 18.3 Å². The maximum Gasteiger partial charge on any atom is 0.248 e. The van der Waals surface area contributed by atoms with Crippen molar-refractivity contribution in [2.75, 3.05) is 6.54 Å². The first-order valence-corrected chi connectivity index (χ1v) is 7.46. The Morgan fingerprint density at radius 1 is 1.37 bits per heavy atom. The van der Waals surface area contributed by atoms with Crippen LogP contribution in [-0.2, 0) is 9.59 Å². The smallest absolute Gasteiger partial charge is 0.248 e. The Morgan fingerprint density at radius 3 is 2.53 bits per heavy atom. The van der Waals surface area contributed by atoms with Crippen molar-refractivity contribution in [2.45, 2.75) is 65.0 Å². The third kappa shape index (κ3) is 2.93. The summed E-state index contributed by atoms with van der Waals surface area (Å²) in [5.41, 5.74) is -0.668. The van der Waals surface area contributed by atoms with Gasteiger partial charge in [0.15, 0.2) is 0 Å². The van der Waals surface area contributed by atoms with E-state index in [4.69, 9.17) is 0 Å². The third-order valence-electron chi connectivity index (χ3n) is 4.46. The van der Waals surface area contributed by atoms with Gasteiger partial charge >= 0.3 is 0 Å². The van der Waals surface area contributed by atoms with Gasteiger partial charge in [0.05, 0.1) is 0 Å². The van der Waals surface area contributed by atoms with E-state index in [-0.39, 0.29) is 17.9 Å². The summed E-state index contributed by atoms with van der Waals surface area (Å²) in [5.74, 6) is 1.03. The molecule has 2 fully saturated rings. The number of rotatable bonds is 4. The van der Waals surface area contributed by atoms with Gasteiger partial charge < -0.3 is 10.2 Å². The van der Waals surface area contributed by atoms with E-state index in [0.717, 1.165) is 25.8 Å². The molecule has 2 atom stereocenters. The van der Waals surface area contributed by atoms with Gasteiger partial charge in [-0.2, -0.15) is 0 Å². The average Bonchev–Trinajstić information content (AvgIpc) is 3.10. The van der Waals surface area contributed by atoms with Crippen LogP contribution < -0.4 is 5.32 Å². The van der Waals surface area contributed by atoms with Gasteiger partial charge in [0.25, 0.3) is 0 Å². The summed E-state index contributed by atoms with van der Waals surface area (Å²) < 4.78 is 0. The Balaban J connectivity index is 2.19. The summed E-state index contributed by atoms with van der Waals surface area (Å²) in [7, 11) is 0. The van der Waals surface area contributed by atoms with Crippen LogP contribution in [0.1, 0.15) is 53.4 Å². The van der Waals surface area contributed by atoms with Crippen LogP contribution in [0, 0.1) is 11.8 Å². The van der Waals surface area contributed by atoms with E-state index in [2.05, 4.69) is 19.2 Å². The molecule has 0 radical (unpaired) electrons. The van der Waals surface area contributed by atoms with Crippen molar-refractivity contribution in [3.8, 4) is 0 Å². The number of amides is 2. The number of carbonyl (C=O) groups excluding carboxylic acids is 2. The quantitative estimate of drug-likeness (QED) is 0.845. The van der Waals surface area contributed by atoms with Crippen LogP contribution in [-0.4, -0.2) is 34.8 Å². The molecule has 2 rings (SSSR count). The number of carbonyl (C=O) groups is 2. The molecule has 2 aliphatic rings. The molecule has 2 amide bonds. The molecule has 19 heavy (non-hydrogen) atoms. The fraction of sp³-hybridized carbons (Fsp3) is 0.867. The summed E-state index contributed by atoms with van der Waals surface area (Å²) in [4.78, 5) is 26.7. The molecule has 0 aromatic heterocycles. The molecule has 0 aromatic rings. The summed E-state index contributed by atoms with van der Waals surface area (Å²) in [6.07, 6.45) is 3.51. The summed E-state index contributed by atoms with van der Waals surface area (Å²) >= 11 is 0. The second-order valence-corrected chi connectivity index (χ2v) is 6.76. The Hall–Kier alpha value is -1.06. The van der Waals surface area contributed by atoms with Gasteiger partial charge in [0.1, 0.15) is 5.54 Å². The highest BCUT2D eigenvalue weighted by Gasteiger charge is 2.52. The maximum atomic E-state index is 12.8. The van der Waals surface area contributed by atoms with Crippen LogP contribution >= 0.6 is 0 Å². The van der Waals surface area contributed by atoms with Gasteiger partial charge in [-0.05, 0) is 44.9 Å². The molecule has 108 valence electrons. The zero-order valence-electron chi connectivity index (χ0n) is 12.5. The molecule has 1 saturated carbocycles. The largest absolute Gasteiger partial charge is 0.342 e. The zero-order chi connectivity index (χ0) is 14.2. The molecule has 1 saturated heterocycles. The highest BCUT2D eigenvalue weighted by molar-refractivity contribution is 5.94. The second-order valence-electron chi connectivity index (χ2n) is 6.76. The van der Waals surface area contributed by atoms with Crippen molar-refractivity contribution >= 4 is 11.8 Å². The van der Waals surface area contributed by atoms with E-state index < -0.39 is 5.54 Å². The normalized spacial score (nSPS) is 32.5. The Bertz CT molecular complexity index is 376. The van der Waals surface area contributed by atoms with Crippen LogP contribution in [0.3, 0.4) is 0 Å². The standard InChI is InChI=1S/C15H26N2O2/c1-10(2)7-8-17-11(3)9-13(18)16-15(4,14(17)19)12-5-6-12/h10-12H,5-9H2,1-4H3,(H,16,18). The monoisotopic (exact) mass is 266 g/mol. The van der Waals surface area contributed by atoms with Crippen LogP contribution in [0.2, 0.25) is 0 Å². The van der Waals surface area contributed by atoms with Gasteiger partial charge in [-0.1, -0.05) is 13.8 Å². The molecule has 2 unspecified atom stereocenters. The van der Waals surface area contributed by atoms with Crippen molar-refractivity contribution in [1.29, 1.82) is 0 Å². The first-order valence-electron chi connectivity index (χ1n) is 7.46. The lowest BCUT2D eigenvalue weighted by Gasteiger charge is -2.35. The summed E-state index contributed by atoms with van der Waals surface area (Å²) in [6, 6.07) is 0.00632. The predicted molar refractivity (Wildman–Crippen MR) is 74.5 cm³/mol. The molecule has 4 nitrogen and oxygen atoms in total. The van der Waals surface area contributed by atoms with Crippen molar-refractivity contribution < 1.29 is 9.59 Å². The molecule has 1 aliphatic heterocycles. The lowest BCUT2D eigenvalue weighted by Crippen LogP contribution is -2.57. The SMILES string of the molecule is CC(C)CCN1C(=O)C(C)(C2CC2)NC(=O)CC1C. The van der Waals surface area contributed by atoms with Crippen molar-refractivity contribution in [2.24, 2.45) is 11.8 Å². The number of nitrogens with one attached hydrogen (secondary N) is 1. The zero-order valence-corrected chi connectivity index (χ0v) is 12.5. The van der Waals surface area contributed by atoms with Crippen molar-refractivity contribution in [3.05, 3.63) is 0 Å². The average molecular weight is 266 g/mol. The minimum Gasteiger partial charge on any atom is -0.342 e. The Kier molecular flexibility index (Phi) is 3.88. The molecule has 1 heterocycles. The highest BCUT2D eigenvalue weighted by atomic mass is 16.2. The second kappa shape index (κ2) is 5.14. The van der Waals surface area contributed by atoms with E-state index in [9.17, 15) is 9.59 Å². The number of hydrogen-bond donors (Lipinski definition) is 1. The first kappa shape index (κ1) is 14.4. The van der Waals surface area contributed by atoms with Gasteiger partial charge in [0.2, 0.25) is 11.8 Å².